The van der Waals surface area contributed by atoms with Gasteiger partial charge < -0.3 is 4.90 Å². The van der Waals surface area contributed by atoms with E-state index >= 15 is 0 Å². The van der Waals surface area contributed by atoms with E-state index in [0.717, 1.165) is 23.9 Å². The molecule has 0 bridgehead atoms. The fourth-order valence-corrected chi connectivity index (χ4v) is 6.13. The van der Waals surface area contributed by atoms with Crippen LogP contribution in [0.5, 0.6) is 0 Å². The fraction of sp³-hybridized carbons (Fsp3) is 0.542. The molecule has 0 N–H and O–H groups in total. The number of likely N-dealkylation sites (tertiary alicyclic amines) is 1. The van der Waals surface area contributed by atoms with E-state index in [1.165, 1.54) is 48.4 Å². The van der Waals surface area contributed by atoms with Gasteiger partial charge in [0.05, 0.1) is 5.41 Å². The summed E-state index contributed by atoms with van der Waals surface area (Å²) in [6.07, 6.45) is 8.18. The molecular weight excluding hydrogens is 398 g/mol. The van der Waals surface area contributed by atoms with Crippen molar-refractivity contribution in [2.45, 2.75) is 70.3 Å². The highest BCUT2D eigenvalue weighted by Gasteiger charge is 2.54. The molecule has 2 aromatic carbocycles. The highest BCUT2D eigenvalue weighted by molar-refractivity contribution is 9.10. The first-order valence-corrected chi connectivity index (χ1v) is 11.4. The second-order valence-electron chi connectivity index (χ2n) is 8.36. The molecule has 0 spiro atoms. The molecule has 27 heavy (non-hydrogen) atoms. The van der Waals surface area contributed by atoms with E-state index in [2.05, 4.69) is 71.1 Å². The Hall–Kier alpha value is -1.35. The van der Waals surface area contributed by atoms with Gasteiger partial charge in [-0.3, -0.25) is 4.79 Å². The van der Waals surface area contributed by atoms with Crippen LogP contribution in [0.4, 0.5) is 0 Å². The number of carbonyl (C=O) groups is 1. The summed E-state index contributed by atoms with van der Waals surface area (Å²) >= 11 is 3.66. The van der Waals surface area contributed by atoms with Crippen LogP contribution in [0, 0.1) is 5.92 Å². The van der Waals surface area contributed by atoms with E-state index in [9.17, 15) is 4.79 Å². The molecule has 1 aliphatic heterocycles. The molecule has 1 saturated carbocycles. The number of benzene rings is 2. The summed E-state index contributed by atoms with van der Waals surface area (Å²) in [5.74, 6) is 0.791. The molecule has 3 heteroatoms. The predicted octanol–water partition coefficient (Wildman–Crippen LogP) is 6.45. The highest BCUT2D eigenvalue weighted by atomic mass is 79.9. The van der Waals surface area contributed by atoms with Crippen LogP contribution in [-0.4, -0.2) is 23.4 Å². The monoisotopic (exact) mass is 427 g/mol. The molecule has 144 valence electrons. The van der Waals surface area contributed by atoms with Crippen LogP contribution >= 0.6 is 15.9 Å². The van der Waals surface area contributed by atoms with Crippen molar-refractivity contribution >= 4 is 32.6 Å². The van der Waals surface area contributed by atoms with Crippen LogP contribution < -0.4 is 0 Å². The standard InChI is InChI=1S/C24H30BrNO/c1-3-18-16-26(20-10-6-5-7-11-20)23(27)24(18,4-2)19-13-14-21-17(15-19)9-8-12-22(21)25/h8-9,12-15,18,20H,3-7,10-11,16H2,1-2H3. The molecule has 1 heterocycles. The number of halogens is 1. The zero-order valence-corrected chi connectivity index (χ0v) is 18.1. The van der Waals surface area contributed by atoms with Gasteiger partial charge in [0.15, 0.2) is 0 Å². The number of hydrogen-bond acceptors (Lipinski definition) is 1. The molecule has 2 aromatic rings. The van der Waals surface area contributed by atoms with Crippen molar-refractivity contribution in [3.8, 4) is 0 Å². The fourth-order valence-electron chi connectivity index (χ4n) is 5.62. The number of amides is 1. The molecule has 1 saturated heterocycles. The minimum atomic E-state index is -0.358. The largest absolute Gasteiger partial charge is 0.339 e. The normalized spacial score (nSPS) is 26.9. The minimum absolute atomic E-state index is 0.358. The van der Waals surface area contributed by atoms with Crippen molar-refractivity contribution < 1.29 is 4.79 Å². The maximum atomic E-state index is 13.8. The number of rotatable bonds is 4. The van der Waals surface area contributed by atoms with Gasteiger partial charge in [-0.05, 0) is 47.6 Å². The third kappa shape index (κ3) is 3.03. The first kappa shape index (κ1) is 19.0. The molecule has 0 radical (unpaired) electrons. The molecule has 4 rings (SSSR count). The Morgan fingerprint density at radius 2 is 1.89 bits per heavy atom. The molecule has 0 aromatic heterocycles. The zero-order chi connectivity index (χ0) is 19.0. The summed E-state index contributed by atoms with van der Waals surface area (Å²) in [6.45, 7) is 5.39. The Bertz CT molecular complexity index is 841. The van der Waals surface area contributed by atoms with E-state index in [1.807, 2.05) is 0 Å². The molecule has 2 aliphatic rings. The van der Waals surface area contributed by atoms with Crippen molar-refractivity contribution in [2.75, 3.05) is 6.54 Å². The molecule has 1 aliphatic carbocycles. The number of hydrogen-bond donors (Lipinski definition) is 0. The Balaban J connectivity index is 1.78. The summed E-state index contributed by atoms with van der Waals surface area (Å²) in [5.41, 5.74) is 0.855. The Morgan fingerprint density at radius 1 is 1.11 bits per heavy atom. The maximum absolute atomic E-state index is 13.8. The summed E-state index contributed by atoms with van der Waals surface area (Å²) in [7, 11) is 0. The smallest absolute Gasteiger partial charge is 0.233 e. The van der Waals surface area contributed by atoms with E-state index in [-0.39, 0.29) is 5.41 Å². The predicted molar refractivity (Wildman–Crippen MR) is 116 cm³/mol. The topological polar surface area (TPSA) is 20.3 Å². The SMILES string of the molecule is CCC1CN(C2CCCCC2)C(=O)C1(CC)c1ccc2c(Br)cccc2c1. The lowest BCUT2D eigenvalue weighted by Gasteiger charge is -2.34. The highest BCUT2D eigenvalue weighted by Crippen LogP contribution is 2.47. The van der Waals surface area contributed by atoms with Crippen molar-refractivity contribution in [2.24, 2.45) is 5.92 Å². The summed E-state index contributed by atoms with van der Waals surface area (Å²) < 4.78 is 1.12. The van der Waals surface area contributed by atoms with Gasteiger partial charge in [-0.25, -0.2) is 0 Å². The van der Waals surface area contributed by atoms with Crippen molar-refractivity contribution in [3.05, 3.63) is 46.4 Å². The molecular formula is C24H30BrNO. The summed E-state index contributed by atoms with van der Waals surface area (Å²) in [6, 6.07) is 13.5. The van der Waals surface area contributed by atoms with Gasteiger partial charge >= 0.3 is 0 Å². The van der Waals surface area contributed by atoms with Crippen molar-refractivity contribution in [1.29, 1.82) is 0 Å². The van der Waals surface area contributed by atoms with Crippen LogP contribution in [0.25, 0.3) is 10.8 Å². The quantitative estimate of drug-likeness (QED) is 0.548. The van der Waals surface area contributed by atoms with Gasteiger partial charge in [-0.2, -0.15) is 0 Å². The zero-order valence-electron chi connectivity index (χ0n) is 16.5. The third-order valence-corrected chi connectivity index (χ3v) is 7.86. The van der Waals surface area contributed by atoms with Crippen LogP contribution in [0.3, 0.4) is 0 Å². The van der Waals surface area contributed by atoms with Gasteiger partial charge in [0.1, 0.15) is 0 Å². The Morgan fingerprint density at radius 3 is 2.59 bits per heavy atom. The second-order valence-corrected chi connectivity index (χ2v) is 9.21. The average molecular weight is 428 g/mol. The average Bonchev–Trinajstić information content (AvgIpc) is 3.01. The molecule has 2 fully saturated rings. The first-order valence-electron chi connectivity index (χ1n) is 10.6. The lowest BCUT2D eigenvalue weighted by molar-refractivity contribution is -0.135. The van der Waals surface area contributed by atoms with Gasteiger partial charge in [0.25, 0.3) is 0 Å². The molecule has 2 atom stereocenters. The van der Waals surface area contributed by atoms with Crippen molar-refractivity contribution in [1.82, 2.24) is 4.90 Å². The lowest BCUT2D eigenvalue weighted by Crippen LogP contribution is -2.44. The van der Waals surface area contributed by atoms with Crippen molar-refractivity contribution in [3.63, 3.8) is 0 Å². The summed E-state index contributed by atoms with van der Waals surface area (Å²) in [5, 5.41) is 2.43. The molecule has 2 unspecified atom stereocenters. The van der Waals surface area contributed by atoms with Crippen LogP contribution in [0.2, 0.25) is 0 Å². The second kappa shape index (κ2) is 7.58. The van der Waals surface area contributed by atoms with Gasteiger partial charge in [0, 0.05) is 17.1 Å². The lowest BCUT2D eigenvalue weighted by atomic mass is 9.68. The van der Waals surface area contributed by atoms with Crippen LogP contribution in [0.15, 0.2) is 40.9 Å². The van der Waals surface area contributed by atoms with Crippen LogP contribution in [0.1, 0.15) is 64.4 Å². The summed E-state index contributed by atoms with van der Waals surface area (Å²) in [4.78, 5) is 16.1. The van der Waals surface area contributed by atoms with Crippen LogP contribution in [-0.2, 0) is 10.2 Å². The minimum Gasteiger partial charge on any atom is -0.339 e. The molecule has 1 amide bonds. The maximum Gasteiger partial charge on any atom is 0.233 e. The van der Waals surface area contributed by atoms with E-state index in [4.69, 9.17) is 0 Å². The molecule has 2 nitrogen and oxygen atoms in total. The Kier molecular flexibility index (Phi) is 5.33. The van der Waals surface area contributed by atoms with E-state index < -0.39 is 0 Å². The first-order chi connectivity index (χ1) is 13.1. The Labute approximate surface area is 171 Å². The number of carbonyl (C=O) groups excluding carboxylic acids is 1. The van der Waals surface area contributed by atoms with E-state index in [1.54, 1.807) is 0 Å². The van der Waals surface area contributed by atoms with Gasteiger partial charge in [-0.15, -0.1) is 0 Å². The van der Waals surface area contributed by atoms with E-state index in [0.29, 0.717) is 17.9 Å². The number of nitrogens with zero attached hydrogens (tertiary/aromatic N) is 1. The van der Waals surface area contributed by atoms with Gasteiger partial charge in [-0.1, -0.05) is 85.8 Å². The van der Waals surface area contributed by atoms with Gasteiger partial charge in [0.2, 0.25) is 5.91 Å². The number of fused-ring (bicyclic) bond motifs is 1. The third-order valence-electron chi connectivity index (χ3n) is 7.16.